The van der Waals surface area contributed by atoms with Crippen molar-refractivity contribution in [3.05, 3.63) is 71.8 Å². The number of hydrogen-bond acceptors (Lipinski definition) is 4. The summed E-state index contributed by atoms with van der Waals surface area (Å²) in [5, 5.41) is 0. The fraction of sp³-hybridized carbons (Fsp3) is 0.391. The standard InChI is InChI=1S/C23H28O4/c1-18(24)26-22(15-13-20-9-5-3-6-10-20)17-23(27-19(2)25)16-14-21-11-7-4-8-12-21/h3-12,22-23H,13-17H2,1-2H3. The van der Waals surface area contributed by atoms with Gasteiger partial charge in [0.25, 0.3) is 0 Å². The van der Waals surface area contributed by atoms with Crippen LogP contribution in [0.4, 0.5) is 0 Å². The normalized spacial score (nSPS) is 12.8. The fourth-order valence-electron chi connectivity index (χ4n) is 3.16. The molecule has 2 unspecified atom stereocenters. The van der Waals surface area contributed by atoms with Gasteiger partial charge in [-0.05, 0) is 36.8 Å². The Balaban J connectivity index is 1.97. The number of carbonyl (C=O) groups excluding carboxylic acids is 2. The maximum Gasteiger partial charge on any atom is 0.302 e. The molecular weight excluding hydrogens is 340 g/mol. The molecule has 0 amide bonds. The van der Waals surface area contributed by atoms with Gasteiger partial charge < -0.3 is 9.47 Å². The van der Waals surface area contributed by atoms with E-state index in [-0.39, 0.29) is 24.1 Å². The van der Waals surface area contributed by atoms with Gasteiger partial charge >= 0.3 is 11.9 Å². The van der Waals surface area contributed by atoms with Crippen LogP contribution in [0.15, 0.2) is 60.7 Å². The minimum Gasteiger partial charge on any atom is -0.462 e. The summed E-state index contributed by atoms with van der Waals surface area (Å²) in [5.74, 6) is -0.615. The number of aryl methyl sites for hydroxylation is 2. The van der Waals surface area contributed by atoms with Crippen LogP contribution in [0.5, 0.6) is 0 Å². The molecule has 2 aromatic rings. The van der Waals surface area contributed by atoms with Crippen LogP contribution < -0.4 is 0 Å². The molecule has 4 nitrogen and oxygen atoms in total. The number of hydrogen-bond donors (Lipinski definition) is 0. The molecule has 0 fully saturated rings. The second-order valence-corrected chi connectivity index (χ2v) is 6.75. The third-order valence-corrected chi connectivity index (χ3v) is 4.39. The van der Waals surface area contributed by atoms with Gasteiger partial charge in [-0.2, -0.15) is 0 Å². The Morgan fingerprint density at radius 2 is 1.07 bits per heavy atom. The van der Waals surface area contributed by atoms with Crippen LogP contribution >= 0.6 is 0 Å². The van der Waals surface area contributed by atoms with E-state index >= 15 is 0 Å². The predicted octanol–water partition coefficient (Wildman–Crippen LogP) is 4.51. The van der Waals surface area contributed by atoms with Gasteiger partial charge in [0.15, 0.2) is 0 Å². The predicted molar refractivity (Wildman–Crippen MR) is 105 cm³/mol. The molecule has 0 saturated carbocycles. The van der Waals surface area contributed by atoms with Crippen molar-refractivity contribution in [2.45, 2.75) is 58.2 Å². The summed E-state index contributed by atoms with van der Waals surface area (Å²) < 4.78 is 11.0. The number of carbonyl (C=O) groups is 2. The molecule has 27 heavy (non-hydrogen) atoms. The van der Waals surface area contributed by atoms with Gasteiger partial charge in [-0.15, -0.1) is 0 Å². The zero-order valence-electron chi connectivity index (χ0n) is 16.1. The van der Waals surface area contributed by atoms with Crippen LogP contribution in [0.25, 0.3) is 0 Å². The zero-order chi connectivity index (χ0) is 19.5. The Hall–Kier alpha value is -2.62. The molecule has 0 heterocycles. The van der Waals surface area contributed by atoms with E-state index in [0.29, 0.717) is 19.3 Å². The van der Waals surface area contributed by atoms with E-state index in [4.69, 9.17) is 9.47 Å². The Morgan fingerprint density at radius 1 is 0.704 bits per heavy atom. The lowest BCUT2D eigenvalue weighted by Crippen LogP contribution is -2.27. The number of benzene rings is 2. The molecule has 0 aromatic heterocycles. The first-order valence-electron chi connectivity index (χ1n) is 9.45. The van der Waals surface area contributed by atoms with Gasteiger partial charge in [-0.1, -0.05) is 60.7 Å². The van der Waals surface area contributed by atoms with Crippen LogP contribution in [0.3, 0.4) is 0 Å². The third kappa shape index (κ3) is 8.54. The van der Waals surface area contributed by atoms with Crippen LogP contribution in [0.2, 0.25) is 0 Å². The van der Waals surface area contributed by atoms with Gasteiger partial charge in [-0.3, -0.25) is 9.59 Å². The largest absolute Gasteiger partial charge is 0.462 e. The molecule has 4 heteroatoms. The Kier molecular flexibility index (Phi) is 8.56. The summed E-state index contributed by atoms with van der Waals surface area (Å²) >= 11 is 0. The smallest absolute Gasteiger partial charge is 0.302 e. The quantitative estimate of drug-likeness (QED) is 0.579. The second-order valence-electron chi connectivity index (χ2n) is 6.75. The average molecular weight is 368 g/mol. The number of ether oxygens (including phenoxy) is 2. The molecule has 2 atom stereocenters. The summed E-state index contributed by atoms with van der Waals surface area (Å²) in [5.41, 5.74) is 2.39. The molecule has 0 N–H and O–H groups in total. The topological polar surface area (TPSA) is 52.6 Å². The number of rotatable bonds is 10. The van der Waals surface area contributed by atoms with Gasteiger partial charge in [0, 0.05) is 20.3 Å². The van der Waals surface area contributed by atoms with Crippen molar-refractivity contribution in [1.82, 2.24) is 0 Å². The minimum atomic E-state index is -0.308. The lowest BCUT2D eigenvalue weighted by molar-refractivity contribution is -0.153. The van der Waals surface area contributed by atoms with Gasteiger partial charge in [0.2, 0.25) is 0 Å². The fourth-order valence-corrected chi connectivity index (χ4v) is 3.16. The van der Waals surface area contributed by atoms with E-state index in [1.165, 1.54) is 25.0 Å². The van der Waals surface area contributed by atoms with Crippen molar-refractivity contribution in [3.63, 3.8) is 0 Å². The number of esters is 2. The van der Waals surface area contributed by atoms with E-state index in [1.807, 2.05) is 36.4 Å². The molecule has 2 aromatic carbocycles. The Labute approximate surface area is 161 Å². The van der Waals surface area contributed by atoms with Crippen molar-refractivity contribution in [1.29, 1.82) is 0 Å². The minimum absolute atomic E-state index is 0.275. The van der Waals surface area contributed by atoms with Crippen molar-refractivity contribution in [2.75, 3.05) is 0 Å². The lowest BCUT2D eigenvalue weighted by atomic mass is 9.98. The van der Waals surface area contributed by atoms with Gasteiger partial charge in [0.1, 0.15) is 12.2 Å². The Bertz CT molecular complexity index is 635. The summed E-state index contributed by atoms with van der Waals surface area (Å²) in [6, 6.07) is 20.2. The van der Waals surface area contributed by atoms with Crippen LogP contribution in [0.1, 0.15) is 44.2 Å². The molecule has 0 bridgehead atoms. The van der Waals surface area contributed by atoms with Crippen molar-refractivity contribution >= 4 is 11.9 Å². The molecule has 0 aliphatic carbocycles. The summed E-state index contributed by atoms with van der Waals surface area (Å²) in [7, 11) is 0. The first-order valence-corrected chi connectivity index (χ1v) is 9.45. The van der Waals surface area contributed by atoms with Crippen LogP contribution in [0, 0.1) is 0 Å². The van der Waals surface area contributed by atoms with E-state index < -0.39 is 0 Å². The molecule has 144 valence electrons. The van der Waals surface area contributed by atoms with E-state index in [0.717, 1.165) is 12.8 Å². The highest BCUT2D eigenvalue weighted by Crippen LogP contribution is 2.18. The average Bonchev–Trinajstić information content (AvgIpc) is 2.65. The first-order chi connectivity index (χ1) is 13.0. The molecule has 0 saturated heterocycles. The second kappa shape index (κ2) is 11.2. The van der Waals surface area contributed by atoms with E-state index in [2.05, 4.69) is 24.3 Å². The van der Waals surface area contributed by atoms with Gasteiger partial charge in [-0.25, -0.2) is 0 Å². The highest BCUT2D eigenvalue weighted by molar-refractivity contribution is 5.66. The summed E-state index contributed by atoms with van der Waals surface area (Å²) in [4.78, 5) is 23.0. The lowest BCUT2D eigenvalue weighted by Gasteiger charge is -2.23. The van der Waals surface area contributed by atoms with Crippen LogP contribution in [-0.4, -0.2) is 24.1 Å². The van der Waals surface area contributed by atoms with E-state index in [1.54, 1.807) is 0 Å². The van der Waals surface area contributed by atoms with Crippen molar-refractivity contribution in [3.8, 4) is 0 Å². The Morgan fingerprint density at radius 3 is 1.41 bits per heavy atom. The molecule has 0 aliphatic heterocycles. The molecule has 0 spiro atoms. The van der Waals surface area contributed by atoms with Crippen molar-refractivity contribution in [2.24, 2.45) is 0 Å². The molecular formula is C23H28O4. The molecule has 0 aliphatic rings. The highest BCUT2D eigenvalue weighted by atomic mass is 16.6. The first kappa shape index (κ1) is 20.7. The van der Waals surface area contributed by atoms with Gasteiger partial charge in [0.05, 0.1) is 0 Å². The van der Waals surface area contributed by atoms with E-state index in [9.17, 15) is 9.59 Å². The monoisotopic (exact) mass is 368 g/mol. The van der Waals surface area contributed by atoms with Crippen LogP contribution in [-0.2, 0) is 31.9 Å². The SMILES string of the molecule is CC(=O)OC(CCc1ccccc1)CC(CCc1ccccc1)OC(C)=O. The zero-order valence-corrected chi connectivity index (χ0v) is 16.1. The third-order valence-electron chi connectivity index (χ3n) is 4.39. The maximum atomic E-state index is 11.5. The molecule has 2 rings (SSSR count). The maximum absolute atomic E-state index is 11.5. The molecule has 0 radical (unpaired) electrons. The summed E-state index contributed by atoms with van der Waals surface area (Å²) in [6.45, 7) is 2.83. The van der Waals surface area contributed by atoms with Crippen molar-refractivity contribution < 1.29 is 19.1 Å². The highest BCUT2D eigenvalue weighted by Gasteiger charge is 2.21. The summed E-state index contributed by atoms with van der Waals surface area (Å²) in [6.07, 6.45) is 2.98.